The zero-order chi connectivity index (χ0) is 8.84. The number of aromatic nitrogens is 3. The maximum absolute atomic E-state index is 4.13. The molecule has 13 heavy (non-hydrogen) atoms. The molecule has 4 heteroatoms. The Morgan fingerprint density at radius 2 is 2.08 bits per heavy atom. The van der Waals surface area contributed by atoms with Gasteiger partial charge < -0.3 is 0 Å². The molecule has 2 heterocycles. The highest BCUT2D eigenvalue weighted by molar-refractivity contribution is 7.14. The van der Waals surface area contributed by atoms with E-state index in [1.165, 1.54) is 10.1 Å². The molecule has 0 fully saturated rings. The first-order valence-electron chi connectivity index (χ1n) is 4.06. The highest BCUT2D eigenvalue weighted by Gasteiger charge is 2.07. The molecule has 0 saturated heterocycles. The largest absolute Gasteiger partial charge is 0.231 e. The predicted molar refractivity (Wildman–Crippen MR) is 53.1 cm³/mol. The maximum atomic E-state index is 4.13. The van der Waals surface area contributed by atoms with E-state index >= 15 is 0 Å². The van der Waals surface area contributed by atoms with E-state index in [1.807, 2.05) is 19.1 Å². The van der Waals surface area contributed by atoms with Crippen molar-refractivity contribution in [1.29, 1.82) is 0 Å². The van der Waals surface area contributed by atoms with E-state index in [4.69, 9.17) is 0 Å². The zero-order valence-electron chi connectivity index (χ0n) is 7.06. The van der Waals surface area contributed by atoms with Crippen molar-refractivity contribution in [3.8, 4) is 0 Å². The summed E-state index contributed by atoms with van der Waals surface area (Å²) in [6.45, 7) is 1.97. The molecule has 3 nitrogen and oxygen atoms in total. The van der Waals surface area contributed by atoms with Gasteiger partial charge in [0.05, 0.1) is 4.70 Å². The van der Waals surface area contributed by atoms with Gasteiger partial charge in [0.15, 0.2) is 5.65 Å². The van der Waals surface area contributed by atoms with Gasteiger partial charge in [-0.25, -0.2) is 3.79 Å². The molecule has 0 amide bonds. The normalized spacial score (nSPS) is 11.5. The highest BCUT2D eigenvalue weighted by atomic mass is 32.1. The van der Waals surface area contributed by atoms with Gasteiger partial charge in [-0.2, -0.15) is 0 Å². The fraction of sp³-hybridized carbons (Fsp3) is 0.111. The van der Waals surface area contributed by atoms with Crippen molar-refractivity contribution in [2.75, 3.05) is 0 Å². The van der Waals surface area contributed by atoms with Crippen LogP contribution in [0.15, 0.2) is 24.3 Å². The first-order valence-corrected chi connectivity index (χ1v) is 4.83. The Hall–Kier alpha value is -1.42. The van der Waals surface area contributed by atoms with Crippen molar-refractivity contribution in [3.05, 3.63) is 30.1 Å². The number of hydrogen-bond donors (Lipinski definition) is 0. The van der Waals surface area contributed by atoms with E-state index < -0.39 is 0 Å². The Morgan fingerprint density at radius 3 is 3.00 bits per heavy atom. The second-order valence-electron chi connectivity index (χ2n) is 2.95. The Bertz CT molecular complexity index is 579. The van der Waals surface area contributed by atoms with Crippen molar-refractivity contribution in [3.63, 3.8) is 0 Å². The topological polar surface area (TPSA) is 30.2 Å². The summed E-state index contributed by atoms with van der Waals surface area (Å²) in [4.78, 5) is 0. The van der Waals surface area contributed by atoms with E-state index in [1.54, 1.807) is 11.5 Å². The first kappa shape index (κ1) is 7.03. The van der Waals surface area contributed by atoms with Crippen LogP contribution in [0.1, 0.15) is 5.82 Å². The van der Waals surface area contributed by atoms with Gasteiger partial charge in [-0.3, -0.25) is 0 Å². The van der Waals surface area contributed by atoms with Crippen LogP contribution in [-0.4, -0.2) is 14.0 Å². The summed E-state index contributed by atoms with van der Waals surface area (Å²) in [5.74, 6) is 0.955. The molecule has 3 rings (SSSR count). The second-order valence-corrected chi connectivity index (χ2v) is 3.94. The molecule has 0 bridgehead atoms. The van der Waals surface area contributed by atoms with Gasteiger partial charge in [0.1, 0.15) is 5.82 Å². The summed E-state index contributed by atoms with van der Waals surface area (Å²) in [5.41, 5.74) is 0.970. The standard InChI is InChI=1S/C9H7N3S/c1-6-10-11-9-7-4-2-3-5-8(7)13-12(6)9/h2-5H,1H3. The van der Waals surface area contributed by atoms with Crippen LogP contribution in [0.25, 0.3) is 15.7 Å². The molecule has 3 aromatic rings. The molecule has 0 saturated carbocycles. The van der Waals surface area contributed by atoms with E-state index in [0.717, 1.165) is 11.5 Å². The SMILES string of the molecule is Cc1nnc2c3ccccc3sn12. The first-order chi connectivity index (χ1) is 6.36. The molecular weight excluding hydrogens is 182 g/mol. The van der Waals surface area contributed by atoms with Crippen molar-refractivity contribution in [2.45, 2.75) is 6.92 Å². The Balaban J connectivity index is 2.64. The number of benzene rings is 1. The van der Waals surface area contributed by atoms with Crippen LogP contribution in [0.3, 0.4) is 0 Å². The van der Waals surface area contributed by atoms with Crippen molar-refractivity contribution < 1.29 is 0 Å². The zero-order valence-corrected chi connectivity index (χ0v) is 7.88. The lowest BCUT2D eigenvalue weighted by molar-refractivity contribution is 1.04. The number of nitrogens with zero attached hydrogens (tertiary/aromatic N) is 3. The molecule has 0 radical (unpaired) electrons. The van der Waals surface area contributed by atoms with Crippen molar-refractivity contribution in [2.24, 2.45) is 0 Å². The average Bonchev–Trinajstić information content (AvgIpc) is 2.67. The fourth-order valence-electron chi connectivity index (χ4n) is 1.46. The molecule has 0 atom stereocenters. The van der Waals surface area contributed by atoms with Gasteiger partial charge in [0, 0.05) is 5.39 Å². The minimum Gasteiger partial charge on any atom is -0.231 e. The summed E-state index contributed by atoms with van der Waals surface area (Å²) in [6, 6.07) is 8.25. The number of rotatable bonds is 0. The van der Waals surface area contributed by atoms with Crippen LogP contribution in [0.4, 0.5) is 0 Å². The molecule has 0 aliphatic rings. The summed E-state index contributed by atoms with van der Waals surface area (Å²) < 4.78 is 3.32. The van der Waals surface area contributed by atoms with Crippen LogP contribution in [0.5, 0.6) is 0 Å². The fourth-order valence-corrected chi connectivity index (χ4v) is 2.44. The third-order valence-corrected chi connectivity index (χ3v) is 3.27. The van der Waals surface area contributed by atoms with Crippen LogP contribution in [0, 0.1) is 6.92 Å². The molecule has 2 aromatic heterocycles. The number of aryl methyl sites for hydroxylation is 1. The summed E-state index contributed by atoms with van der Waals surface area (Å²) in [5, 5.41) is 9.35. The smallest absolute Gasteiger partial charge is 0.179 e. The molecule has 0 spiro atoms. The van der Waals surface area contributed by atoms with E-state index in [2.05, 4.69) is 26.1 Å². The van der Waals surface area contributed by atoms with E-state index in [0.29, 0.717) is 0 Å². The second kappa shape index (κ2) is 2.29. The lowest BCUT2D eigenvalue weighted by atomic mass is 10.3. The molecular formula is C9H7N3S. The van der Waals surface area contributed by atoms with Gasteiger partial charge in [-0.15, -0.1) is 10.2 Å². The molecule has 0 unspecified atom stereocenters. The minimum absolute atomic E-state index is 0.955. The monoisotopic (exact) mass is 189 g/mol. The lowest BCUT2D eigenvalue weighted by Crippen LogP contribution is -1.76. The Kier molecular flexibility index (Phi) is 1.24. The van der Waals surface area contributed by atoms with Crippen LogP contribution >= 0.6 is 11.5 Å². The number of hydrogen-bond acceptors (Lipinski definition) is 3. The predicted octanol–water partition coefficient (Wildman–Crippen LogP) is 2.25. The quantitative estimate of drug-likeness (QED) is 0.543. The third-order valence-electron chi connectivity index (χ3n) is 2.09. The van der Waals surface area contributed by atoms with E-state index in [9.17, 15) is 0 Å². The third kappa shape index (κ3) is 0.833. The average molecular weight is 189 g/mol. The van der Waals surface area contributed by atoms with Gasteiger partial charge in [-0.1, -0.05) is 23.7 Å². The molecule has 0 N–H and O–H groups in total. The lowest BCUT2D eigenvalue weighted by Gasteiger charge is -1.82. The van der Waals surface area contributed by atoms with E-state index in [-0.39, 0.29) is 0 Å². The van der Waals surface area contributed by atoms with Crippen molar-refractivity contribution in [1.82, 2.24) is 14.0 Å². The molecule has 0 aliphatic carbocycles. The Labute approximate surface area is 78.8 Å². The molecule has 0 aliphatic heterocycles. The molecule has 1 aromatic carbocycles. The minimum atomic E-state index is 0.955. The van der Waals surface area contributed by atoms with Gasteiger partial charge >= 0.3 is 0 Å². The number of fused-ring (bicyclic) bond motifs is 3. The van der Waals surface area contributed by atoms with Crippen molar-refractivity contribution >= 4 is 27.3 Å². The highest BCUT2D eigenvalue weighted by Crippen LogP contribution is 2.25. The van der Waals surface area contributed by atoms with Crippen LogP contribution in [-0.2, 0) is 0 Å². The van der Waals surface area contributed by atoms with Crippen LogP contribution < -0.4 is 0 Å². The summed E-state index contributed by atoms with van der Waals surface area (Å²) >= 11 is 1.69. The van der Waals surface area contributed by atoms with Gasteiger partial charge in [0.25, 0.3) is 0 Å². The summed E-state index contributed by atoms with van der Waals surface area (Å²) in [6.07, 6.45) is 0. The Morgan fingerprint density at radius 1 is 1.23 bits per heavy atom. The maximum Gasteiger partial charge on any atom is 0.179 e. The molecule has 64 valence electrons. The van der Waals surface area contributed by atoms with Gasteiger partial charge in [-0.05, 0) is 19.1 Å². The van der Waals surface area contributed by atoms with Crippen LogP contribution in [0.2, 0.25) is 0 Å². The van der Waals surface area contributed by atoms with Gasteiger partial charge in [0.2, 0.25) is 0 Å². The summed E-state index contributed by atoms with van der Waals surface area (Å²) in [7, 11) is 0.